The molecule has 0 saturated carbocycles. The lowest BCUT2D eigenvalue weighted by Gasteiger charge is -2.19. The first-order chi connectivity index (χ1) is 33.1. The first-order valence-electron chi connectivity index (χ1n) is 20.0. The molecular weight excluding hydrogens is 1040 g/mol. The zero-order chi connectivity index (χ0) is 52.0. The topological polar surface area (TPSA) is 458 Å². The van der Waals surface area contributed by atoms with Crippen molar-refractivity contribution in [3.05, 3.63) is 126 Å². The third-order valence-electron chi connectivity index (χ3n) is 10.5. The fraction of sp³-hybridized carbons (Fsp3) is 0.371. The minimum Gasteiger partial charge on any atom is -0.387 e. The smallest absolute Gasteiger partial charge is 0.387 e. The largest absolute Gasteiger partial charge is 0.481 e. The third-order valence-corrected chi connectivity index (χ3v) is 14.8. The maximum atomic E-state index is 13.2. The molecule has 36 heteroatoms. The number of phosphoric acid groups is 4. The summed E-state index contributed by atoms with van der Waals surface area (Å²) in [7, 11) is -19.5. The van der Waals surface area contributed by atoms with Gasteiger partial charge in [0.05, 0.1) is 37.5 Å². The van der Waals surface area contributed by atoms with Crippen molar-refractivity contribution < 1.29 is 99.7 Å². The minimum atomic E-state index is -5.37. The second kappa shape index (κ2) is 20.9. The number of aliphatic hydroxyl groups is 4. The summed E-state index contributed by atoms with van der Waals surface area (Å²) in [4.78, 5) is 104. The van der Waals surface area contributed by atoms with Crippen molar-refractivity contribution in [2.45, 2.75) is 62.2 Å². The number of ether oxygens (including phenoxy) is 2. The van der Waals surface area contributed by atoms with E-state index in [1.54, 1.807) is 48.1 Å². The van der Waals surface area contributed by atoms with Gasteiger partial charge in [-0.3, -0.25) is 41.6 Å². The SMILES string of the molecule is Cn1nc(Cn2c(=O)ccn([C@@H]3O[C@H](COP(=O)(O)OP(=O)(O)O)[C@H](O)C3O)c2=O)c2ccccc21.O=c1ccn([C@@H]2O[C@H](COP(=O)(O)OP(=O)(O)O)[C@H](O)C2O)c(=O)n1Cc1noc2ccccc12. The number of benzene rings is 2. The van der Waals surface area contributed by atoms with Gasteiger partial charge in [-0.25, -0.2) is 27.8 Å². The second-order valence-electron chi connectivity index (χ2n) is 15.3. The van der Waals surface area contributed by atoms with E-state index in [-0.39, 0.29) is 13.1 Å². The van der Waals surface area contributed by atoms with Gasteiger partial charge < -0.3 is 63.8 Å². The van der Waals surface area contributed by atoms with E-state index in [1.165, 1.54) is 0 Å². The summed E-state index contributed by atoms with van der Waals surface area (Å²) < 4.78 is 81.8. The van der Waals surface area contributed by atoms with E-state index in [1.807, 2.05) is 12.1 Å². The molecule has 0 spiro atoms. The van der Waals surface area contributed by atoms with Crippen LogP contribution in [0.3, 0.4) is 0 Å². The molecule has 6 aromatic rings. The van der Waals surface area contributed by atoms with Crippen molar-refractivity contribution in [2.75, 3.05) is 13.2 Å². The molecule has 10 N–H and O–H groups in total. The van der Waals surface area contributed by atoms with Crippen molar-refractivity contribution >= 4 is 53.2 Å². The molecule has 2 aromatic carbocycles. The summed E-state index contributed by atoms with van der Waals surface area (Å²) in [5, 5.41) is 50.9. The molecule has 0 radical (unpaired) electrons. The lowest BCUT2D eigenvalue weighted by Crippen LogP contribution is -2.43. The van der Waals surface area contributed by atoms with Crippen LogP contribution in [0.5, 0.6) is 0 Å². The molecule has 0 amide bonds. The van der Waals surface area contributed by atoms with E-state index >= 15 is 0 Å². The van der Waals surface area contributed by atoms with Crippen LogP contribution in [-0.4, -0.2) is 133 Å². The van der Waals surface area contributed by atoms with Crippen LogP contribution in [0, 0.1) is 0 Å². The normalized spacial score (nSPS) is 24.4. The van der Waals surface area contributed by atoms with Crippen LogP contribution in [0.25, 0.3) is 21.9 Å². The average Bonchev–Trinajstić information content (AvgIpc) is 4.00. The van der Waals surface area contributed by atoms with E-state index in [2.05, 4.69) is 27.9 Å². The molecule has 4 aromatic heterocycles. The van der Waals surface area contributed by atoms with Crippen LogP contribution >= 0.6 is 31.3 Å². The molecule has 4 unspecified atom stereocenters. The fourth-order valence-corrected chi connectivity index (χ4v) is 10.5. The van der Waals surface area contributed by atoms with Crippen molar-refractivity contribution in [2.24, 2.45) is 7.05 Å². The molecule has 8 rings (SSSR count). The molecule has 386 valence electrons. The number of para-hydroxylation sites is 2. The number of aromatic nitrogens is 7. The first-order valence-corrected chi connectivity index (χ1v) is 26.1. The Labute approximate surface area is 393 Å². The maximum Gasteiger partial charge on any atom is 0.481 e. The summed E-state index contributed by atoms with van der Waals surface area (Å²) in [5.41, 5.74) is -1.23. The van der Waals surface area contributed by atoms with Crippen LogP contribution in [0.15, 0.2) is 96.8 Å². The molecule has 2 fully saturated rings. The van der Waals surface area contributed by atoms with E-state index in [9.17, 15) is 67.7 Å². The number of rotatable bonds is 16. The lowest BCUT2D eigenvalue weighted by atomic mass is 10.1. The number of aliphatic hydroxyl groups excluding tert-OH is 4. The molecule has 71 heavy (non-hydrogen) atoms. The predicted molar refractivity (Wildman–Crippen MR) is 233 cm³/mol. The summed E-state index contributed by atoms with van der Waals surface area (Å²) in [6.07, 6.45) is -11.0. The van der Waals surface area contributed by atoms with Crippen molar-refractivity contribution in [1.82, 2.24) is 33.2 Å². The van der Waals surface area contributed by atoms with Gasteiger partial charge in [-0.1, -0.05) is 35.5 Å². The van der Waals surface area contributed by atoms with Gasteiger partial charge in [0, 0.05) is 42.3 Å². The van der Waals surface area contributed by atoms with Crippen LogP contribution in [0.4, 0.5) is 0 Å². The van der Waals surface area contributed by atoms with Crippen molar-refractivity contribution in [1.29, 1.82) is 0 Å². The van der Waals surface area contributed by atoms with E-state index in [4.69, 9.17) is 33.6 Å². The highest BCUT2D eigenvalue weighted by Gasteiger charge is 2.47. The molecule has 2 aliphatic heterocycles. The summed E-state index contributed by atoms with van der Waals surface area (Å²) in [6.45, 7) is -2.36. The zero-order valence-electron chi connectivity index (χ0n) is 35.9. The van der Waals surface area contributed by atoms with E-state index in [0.717, 1.165) is 53.7 Å². The van der Waals surface area contributed by atoms with Gasteiger partial charge >= 0.3 is 42.7 Å². The summed E-state index contributed by atoms with van der Waals surface area (Å²) >= 11 is 0. The summed E-state index contributed by atoms with van der Waals surface area (Å²) in [6, 6.07) is 16.0. The number of nitrogens with zero attached hydrogens (tertiary/aromatic N) is 7. The van der Waals surface area contributed by atoms with Gasteiger partial charge in [-0.2, -0.15) is 13.7 Å². The Morgan fingerprint density at radius 1 is 0.592 bits per heavy atom. The Morgan fingerprint density at radius 2 is 1.03 bits per heavy atom. The average molecular weight is 1080 g/mol. The molecule has 0 aliphatic carbocycles. The number of hydrogen-bond donors (Lipinski definition) is 10. The van der Waals surface area contributed by atoms with Crippen LogP contribution in [0.1, 0.15) is 23.8 Å². The van der Waals surface area contributed by atoms with Gasteiger partial charge in [0.15, 0.2) is 18.0 Å². The van der Waals surface area contributed by atoms with E-state index < -0.39 is 116 Å². The summed E-state index contributed by atoms with van der Waals surface area (Å²) in [5.74, 6) is 0. The Balaban J connectivity index is 0.000000209. The quantitative estimate of drug-likeness (QED) is 0.0461. The lowest BCUT2D eigenvalue weighted by molar-refractivity contribution is -0.0548. The number of hydrogen-bond acceptors (Lipinski definition) is 21. The highest BCUT2D eigenvalue weighted by Crippen LogP contribution is 2.58. The van der Waals surface area contributed by atoms with Crippen LogP contribution < -0.4 is 22.5 Å². The first kappa shape index (κ1) is 53.8. The third kappa shape index (κ3) is 12.4. The Kier molecular flexibility index (Phi) is 15.8. The molecular formula is C35H41N7O25P4. The van der Waals surface area contributed by atoms with Crippen molar-refractivity contribution in [3.63, 3.8) is 0 Å². The highest BCUT2D eigenvalue weighted by molar-refractivity contribution is 7.61. The monoisotopic (exact) mass is 1080 g/mol. The van der Waals surface area contributed by atoms with Gasteiger partial charge in [0.2, 0.25) is 0 Å². The molecule has 32 nitrogen and oxygen atoms in total. The van der Waals surface area contributed by atoms with Crippen LogP contribution in [-0.2, 0) is 65.5 Å². The number of aryl methyl sites for hydroxylation is 1. The Morgan fingerprint density at radius 3 is 1.51 bits per heavy atom. The standard InChI is InChI=1S/C18H22N4O12P2.C17H19N3O13P2/c1-20-12-5-3-2-4-10(12)11(19-20)8-22-14(23)6-7-21(18(22)26)17-16(25)15(24)13(33-17)9-32-36(30,31)34-35(27,28)29;21-13-5-6-19(17(24)20(13)7-10-9-3-1-2-4-11(9)32-18-10)16-15(23)14(22)12(31-16)8-30-35(28,29)33-34(25,26)27/h2-7,13,15-17,24-25H,8-9H2,1H3,(H,30,31)(H2,27,28,29);1-6,12,14-16,22-23H,7-8H2,(H,28,29)(H2,25,26,27)/t13-,15+,16?,17-;12-,14+,15?,16-/m11/s1. The van der Waals surface area contributed by atoms with Gasteiger partial charge in [-0.05, 0) is 18.2 Å². The number of phosphoric ester groups is 2. The number of fused-ring (bicyclic) bond motifs is 2. The van der Waals surface area contributed by atoms with Crippen molar-refractivity contribution in [3.8, 4) is 0 Å². The van der Waals surface area contributed by atoms with Gasteiger partial charge in [0.25, 0.3) is 11.1 Å². The Hall–Kier alpha value is -4.98. The predicted octanol–water partition coefficient (Wildman–Crippen LogP) is -2.16. The maximum absolute atomic E-state index is 13.2. The van der Waals surface area contributed by atoms with Gasteiger partial charge in [0.1, 0.15) is 42.3 Å². The van der Waals surface area contributed by atoms with E-state index in [0.29, 0.717) is 22.4 Å². The van der Waals surface area contributed by atoms with Gasteiger partial charge in [-0.15, -0.1) is 0 Å². The molecule has 0 bridgehead atoms. The Bertz CT molecular complexity index is 3380. The fourth-order valence-electron chi connectivity index (χ4n) is 7.34. The minimum absolute atomic E-state index is 0.203. The van der Waals surface area contributed by atoms with Crippen LogP contribution in [0.2, 0.25) is 0 Å². The molecule has 2 aliphatic rings. The molecule has 2 saturated heterocycles. The second-order valence-corrected chi connectivity index (χ2v) is 21.0. The molecule has 6 heterocycles. The highest BCUT2D eigenvalue weighted by atomic mass is 31.3. The molecule has 10 atom stereocenters. The zero-order valence-corrected chi connectivity index (χ0v) is 39.5.